The number of carbonyl (C=O) groups excluding carboxylic acids is 1. The highest BCUT2D eigenvalue weighted by atomic mass is 16.2. The van der Waals surface area contributed by atoms with Crippen molar-refractivity contribution in [3.63, 3.8) is 0 Å². The Morgan fingerprint density at radius 1 is 1.20 bits per heavy atom. The van der Waals surface area contributed by atoms with E-state index in [-0.39, 0.29) is 5.91 Å². The monoisotopic (exact) mass is 274 g/mol. The zero-order valence-corrected chi connectivity index (χ0v) is 12.5. The molecule has 110 valence electrons. The van der Waals surface area contributed by atoms with Crippen LogP contribution in [0.4, 0.5) is 0 Å². The van der Waals surface area contributed by atoms with Crippen molar-refractivity contribution < 1.29 is 4.79 Å². The van der Waals surface area contributed by atoms with Crippen molar-refractivity contribution in [3.8, 4) is 0 Å². The molecule has 1 aromatic carbocycles. The minimum absolute atomic E-state index is 0.115. The molecule has 0 unspecified atom stereocenters. The number of hydrogen-bond acceptors (Lipinski definition) is 2. The van der Waals surface area contributed by atoms with Crippen LogP contribution in [-0.2, 0) is 6.54 Å². The summed E-state index contributed by atoms with van der Waals surface area (Å²) in [4.78, 5) is 14.2. The number of amides is 1. The van der Waals surface area contributed by atoms with Crippen LogP contribution in [0.3, 0.4) is 0 Å². The first kappa shape index (κ1) is 15.0. The van der Waals surface area contributed by atoms with Crippen molar-refractivity contribution in [1.82, 2.24) is 4.90 Å². The lowest BCUT2D eigenvalue weighted by Gasteiger charge is -2.24. The lowest BCUT2D eigenvalue weighted by atomic mass is 9.87. The summed E-state index contributed by atoms with van der Waals surface area (Å²) in [6, 6.07) is 7.62. The van der Waals surface area contributed by atoms with Crippen LogP contribution in [-0.4, -0.2) is 24.4 Å². The van der Waals surface area contributed by atoms with Gasteiger partial charge in [-0.05, 0) is 30.0 Å². The van der Waals surface area contributed by atoms with E-state index in [0.717, 1.165) is 30.0 Å². The van der Waals surface area contributed by atoms with E-state index in [1.54, 1.807) is 0 Å². The maximum absolute atomic E-state index is 12.3. The van der Waals surface area contributed by atoms with Gasteiger partial charge < -0.3 is 10.6 Å². The quantitative estimate of drug-likeness (QED) is 0.896. The highest BCUT2D eigenvalue weighted by molar-refractivity contribution is 5.94. The van der Waals surface area contributed by atoms with Crippen LogP contribution in [0, 0.1) is 5.92 Å². The number of carbonyl (C=O) groups is 1. The molecule has 1 fully saturated rings. The molecule has 0 saturated heterocycles. The van der Waals surface area contributed by atoms with Crippen LogP contribution >= 0.6 is 0 Å². The molecule has 0 aliphatic heterocycles. The van der Waals surface area contributed by atoms with Crippen LogP contribution < -0.4 is 5.73 Å². The van der Waals surface area contributed by atoms with Gasteiger partial charge >= 0.3 is 0 Å². The Kier molecular flexibility index (Phi) is 5.60. The summed E-state index contributed by atoms with van der Waals surface area (Å²) in [7, 11) is 1.90. The fraction of sp³-hybridized carbons (Fsp3) is 0.588. The molecule has 3 nitrogen and oxygen atoms in total. The zero-order valence-electron chi connectivity index (χ0n) is 12.5. The molecule has 1 saturated carbocycles. The second kappa shape index (κ2) is 7.44. The molecule has 3 heteroatoms. The molecule has 0 aromatic heterocycles. The zero-order chi connectivity index (χ0) is 14.4. The van der Waals surface area contributed by atoms with Gasteiger partial charge in [-0.15, -0.1) is 0 Å². The molecule has 0 radical (unpaired) electrons. The molecule has 2 N–H and O–H groups in total. The third-order valence-corrected chi connectivity index (χ3v) is 4.38. The smallest absolute Gasteiger partial charge is 0.253 e. The maximum Gasteiger partial charge on any atom is 0.253 e. The topological polar surface area (TPSA) is 46.3 Å². The lowest BCUT2D eigenvalue weighted by molar-refractivity contribution is 0.0784. The van der Waals surface area contributed by atoms with Crippen molar-refractivity contribution in [2.24, 2.45) is 11.7 Å². The molecule has 1 amide bonds. The van der Waals surface area contributed by atoms with Crippen molar-refractivity contribution >= 4 is 5.91 Å². The molecule has 0 spiro atoms. The van der Waals surface area contributed by atoms with Crippen LogP contribution in [0.2, 0.25) is 0 Å². The van der Waals surface area contributed by atoms with Gasteiger partial charge in [0.05, 0.1) is 0 Å². The molecule has 0 atom stereocenters. The van der Waals surface area contributed by atoms with Crippen LogP contribution in [0.1, 0.15) is 54.4 Å². The highest BCUT2D eigenvalue weighted by Gasteiger charge is 2.16. The molecular formula is C17H26N2O. The molecule has 1 aliphatic carbocycles. The number of hydrogen-bond donors (Lipinski definition) is 1. The second-order valence-electron chi connectivity index (χ2n) is 5.92. The number of nitrogens with two attached hydrogens (primary N) is 1. The van der Waals surface area contributed by atoms with E-state index in [1.165, 1.54) is 32.1 Å². The maximum atomic E-state index is 12.3. The summed E-state index contributed by atoms with van der Waals surface area (Å²) in [6.45, 7) is 1.38. The predicted octanol–water partition coefficient (Wildman–Crippen LogP) is 3.19. The summed E-state index contributed by atoms with van der Waals surface area (Å²) >= 11 is 0. The minimum Gasteiger partial charge on any atom is -0.342 e. The van der Waals surface area contributed by atoms with E-state index in [4.69, 9.17) is 5.73 Å². The largest absolute Gasteiger partial charge is 0.342 e. The average Bonchev–Trinajstić information content (AvgIpc) is 2.53. The predicted molar refractivity (Wildman–Crippen MR) is 82.5 cm³/mol. The Balaban J connectivity index is 1.83. The first-order valence-corrected chi connectivity index (χ1v) is 7.75. The normalized spacial score (nSPS) is 16.1. The van der Waals surface area contributed by atoms with Gasteiger partial charge in [-0.2, -0.15) is 0 Å². The summed E-state index contributed by atoms with van der Waals surface area (Å²) < 4.78 is 0. The third kappa shape index (κ3) is 4.07. The Morgan fingerprint density at radius 2 is 1.85 bits per heavy atom. The summed E-state index contributed by atoms with van der Waals surface area (Å²) in [5.41, 5.74) is 7.39. The SMILES string of the molecule is CN(CCC1CCCCC1)C(=O)c1ccc(CN)cc1. The summed E-state index contributed by atoms with van der Waals surface area (Å²) in [5.74, 6) is 0.933. The molecule has 0 bridgehead atoms. The van der Waals surface area contributed by atoms with Gasteiger partial charge in [0.2, 0.25) is 0 Å². The van der Waals surface area contributed by atoms with E-state index in [9.17, 15) is 4.79 Å². The van der Waals surface area contributed by atoms with E-state index < -0.39 is 0 Å². The molecule has 0 heterocycles. The van der Waals surface area contributed by atoms with Gasteiger partial charge in [-0.25, -0.2) is 0 Å². The average molecular weight is 274 g/mol. The van der Waals surface area contributed by atoms with Crippen molar-refractivity contribution in [2.45, 2.75) is 45.1 Å². The van der Waals surface area contributed by atoms with Gasteiger partial charge in [-0.1, -0.05) is 44.2 Å². The minimum atomic E-state index is 0.115. The number of benzene rings is 1. The van der Waals surface area contributed by atoms with E-state index in [0.29, 0.717) is 6.54 Å². The highest BCUT2D eigenvalue weighted by Crippen LogP contribution is 2.26. The molecule has 2 rings (SSSR count). The van der Waals surface area contributed by atoms with Crippen LogP contribution in [0.15, 0.2) is 24.3 Å². The van der Waals surface area contributed by atoms with Crippen LogP contribution in [0.5, 0.6) is 0 Å². The van der Waals surface area contributed by atoms with E-state index in [2.05, 4.69) is 0 Å². The second-order valence-corrected chi connectivity index (χ2v) is 5.92. The molecule has 20 heavy (non-hydrogen) atoms. The van der Waals surface area contributed by atoms with Crippen molar-refractivity contribution in [3.05, 3.63) is 35.4 Å². The summed E-state index contributed by atoms with van der Waals surface area (Å²) in [6.07, 6.45) is 7.94. The Labute approximate surface area is 122 Å². The number of nitrogens with zero attached hydrogens (tertiary/aromatic N) is 1. The Morgan fingerprint density at radius 3 is 2.45 bits per heavy atom. The summed E-state index contributed by atoms with van der Waals surface area (Å²) in [5, 5.41) is 0. The van der Waals surface area contributed by atoms with Gasteiger partial charge in [0.25, 0.3) is 5.91 Å². The van der Waals surface area contributed by atoms with E-state index >= 15 is 0 Å². The van der Waals surface area contributed by atoms with Crippen molar-refractivity contribution in [2.75, 3.05) is 13.6 Å². The van der Waals surface area contributed by atoms with Crippen LogP contribution in [0.25, 0.3) is 0 Å². The third-order valence-electron chi connectivity index (χ3n) is 4.38. The first-order valence-electron chi connectivity index (χ1n) is 7.75. The molecule has 1 aromatic rings. The van der Waals surface area contributed by atoms with Gasteiger partial charge in [0.15, 0.2) is 0 Å². The molecule has 1 aliphatic rings. The van der Waals surface area contributed by atoms with Gasteiger partial charge in [0.1, 0.15) is 0 Å². The standard InChI is InChI=1S/C17H26N2O/c1-19(12-11-14-5-3-2-4-6-14)17(20)16-9-7-15(13-18)8-10-16/h7-10,14H,2-6,11-13,18H2,1H3. The lowest BCUT2D eigenvalue weighted by Crippen LogP contribution is -2.29. The van der Waals surface area contributed by atoms with Crippen molar-refractivity contribution in [1.29, 1.82) is 0 Å². The van der Waals surface area contributed by atoms with Gasteiger partial charge in [0, 0.05) is 25.7 Å². The molecular weight excluding hydrogens is 248 g/mol. The first-order chi connectivity index (χ1) is 9.70. The number of rotatable bonds is 5. The van der Waals surface area contributed by atoms with Gasteiger partial charge in [-0.3, -0.25) is 4.79 Å². The Hall–Kier alpha value is -1.35. The Bertz CT molecular complexity index is 421. The fourth-order valence-corrected chi connectivity index (χ4v) is 2.96. The van der Waals surface area contributed by atoms with E-state index in [1.807, 2.05) is 36.2 Å². The fourth-order valence-electron chi connectivity index (χ4n) is 2.96.